The molecule has 1 saturated carbocycles. The molecule has 1 rings (SSSR count). The Kier molecular flexibility index (Phi) is 7.37. The largest absolute Gasteiger partial charge is 0.314 e. The highest BCUT2D eigenvalue weighted by Crippen LogP contribution is 2.32. The van der Waals surface area contributed by atoms with E-state index in [9.17, 15) is 8.42 Å². The topological polar surface area (TPSA) is 46.2 Å². The summed E-state index contributed by atoms with van der Waals surface area (Å²) in [5.74, 6) is 2.21. The third-order valence-corrected chi connectivity index (χ3v) is 6.21. The van der Waals surface area contributed by atoms with Crippen molar-refractivity contribution in [3.8, 4) is 0 Å². The Morgan fingerprint density at radius 2 is 2.00 bits per heavy atom. The average Bonchev–Trinajstić information content (AvgIpc) is 2.37. The number of nitrogens with one attached hydrogen (secondary N) is 1. The van der Waals surface area contributed by atoms with Gasteiger partial charge in [-0.05, 0) is 44.1 Å². The van der Waals surface area contributed by atoms with Crippen molar-refractivity contribution in [2.24, 2.45) is 11.8 Å². The third-order valence-electron chi connectivity index (χ3n) is 4.42. The molecule has 1 aliphatic rings. The van der Waals surface area contributed by atoms with Gasteiger partial charge in [-0.2, -0.15) is 0 Å². The van der Waals surface area contributed by atoms with Gasteiger partial charge in [0.1, 0.15) is 9.84 Å². The highest BCUT2D eigenvalue weighted by atomic mass is 32.2. The summed E-state index contributed by atoms with van der Waals surface area (Å²) in [7, 11) is -2.80. The first-order chi connectivity index (χ1) is 8.98. The molecule has 0 bridgehead atoms. The number of hydrogen-bond donors (Lipinski definition) is 1. The molecule has 0 saturated heterocycles. The fourth-order valence-corrected chi connectivity index (χ4v) is 4.18. The molecule has 0 radical (unpaired) electrons. The maximum atomic E-state index is 11.5. The van der Waals surface area contributed by atoms with E-state index in [4.69, 9.17) is 0 Å². The summed E-state index contributed by atoms with van der Waals surface area (Å²) < 4.78 is 23.1. The summed E-state index contributed by atoms with van der Waals surface area (Å²) in [4.78, 5) is 0. The zero-order chi connectivity index (χ0) is 14.3. The number of hydrogen-bond acceptors (Lipinski definition) is 3. The molecule has 1 aliphatic carbocycles. The van der Waals surface area contributed by atoms with Crippen LogP contribution in [0.4, 0.5) is 0 Å². The maximum Gasteiger partial charge on any atom is 0.150 e. The van der Waals surface area contributed by atoms with Crippen LogP contribution in [0.1, 0.15) is 59.3 Å². The minimum atomic E-state index is -2.80. The molecule has 0 aromatic carbocycles. The number of rotatable bonds is 8. The average molecular weight is 289 g/mol. The molecule has 19 heavy (non-hydrogen) atoms. The van der Waals surface area contributed by atoms with Gasteiger partial charge in [0.05, 0.1) is 5.75 Å². The summed E-state index contributed by atoms with van der Waals surface area (Å²) in [5.41, 5.74) is 0. The van der Waals surface area contributed by atoms with Crippen molar-refractivity contribution in [2.75, 3.05) is 18.1 Å². The van der Waals surface area contributed by atoms with Crippen molar-refractivity contribution in [3.05, 3.63) is 0 Å². The lowest BCUT2D eigenvalue weighted by molar-refractivity contribution is 0.216. The van der Waals surface area contributed by atoms with E-state index in [1.807, 2.05) is 0 Å². The fourth-order valence-electron chi connectivity index (χ4n) is 3.28. The molecule has 4 heteroatoms. The van der Waals surface area contributed by atoms with Gasteiger partial charge >= 0.3 is 0 Å². The maximum absolute atomic E-state index is 11.5. The van der Waals surface area contributed by atoms with E-state index in [-0.39, 0.29) is 5.75 Å². The Morgan fingerprint density at radius 3 is 2.58 bits per heavy atom. The van der Waals surface area contributed by atoms with Gasteiger partial charge in [0.15, 0.2) is 0 Å². The van der Waals surface area contributed by atoms with Crippen LogP contribution in [0.2, 0.25) is 0 Å². The molecule has 114 valence electrons. The molecule has 3 nitrogen and oxygen atoms in total. The lowest BCUT2D eigenvalue weighted by atomic mass is 9.77. The Labute approximate surface area is 119 Å². The second-order valence-corrected chi connectivity index (χ2v) is 8.55. The van der Waals surface area contributed by atoms with Gasteiger partial charge in [-0.3, -0.25) is 0 Å². The number of sulfone groups is 1. The quantitative estimate of drug-likeness (QED) is 0.747. The monoisotopic (exact) mass is 289 g/mol. The first-order valence-corrected chi connectivity index (χ1v) is 9.74. The second-order valence-electron chi connectivity index (χ2n) is 6.07. The van der Waals surface area contributed by atoms with E-state index in [1.54, 1.807) is 6.92 Å². The zero-order valence-electron chi connectivity index (χ0n) is 12.8. The van der Waals surface area contributed by atoms with Crippen molar-refractivity contribution in [3.63, 3.8) is 0 Å². The van der Waals surface area contributed by atoms with Crippen LogP contribution < -0.4 is 5.32 Å². The molecule has 0 heterocycles. The van der Waals surface area contributed by atoms with E-state index in [2.05, 4.69) is 19.2 Å². The highest BCUT2D eigenvalue weighted by Gasteiger charge is 2.26. The fraction of sp³-hybridized carbons (Fsp3) is 1.00. The first-order valence-electron chi connectivity index (χ1n) is 7.92. The van der Waals surface area contributed by atoms with Crippen molar-refractivity contribution >= 4 is 9.84 Å². The predicted molar refractivity (Wildman–Crippen MR) is 82.1 cm³/mol. The van der Waals surface area contributed by atoms with Gasteiger partial charge < -0.3 is 5.32 Å². The summed E-state index contributed by atoms with van der Waals surface area (Å²) in [6, 6.07) is 0.514. The van der Waals surface area contributed by atoms with Crippen LogP contribution in [0.25, 0.3) is 0 Å². The molecular weight excluding hydrogens is 258 g/mol. The van der Waals surface area contributed by atoms with Gasteiger partial charge in [-0.1, -0.05) is 33.6 Å². The molecule has 3 atom stereocenters. The second kappa shape index (κ2) is 8.25. The molecule has 1 N–H and O–H groups in total. The standard InChI is InChI=1S/C15H31NO2S/c1-4-16-15(10-7-11-19(17,18)5-2)14-9-6-8-13(3)12-14/h13-16H,4-12H2,1-3H3. The normalized spacial score (nSPS) is 26.3. The minimum Gasteiger partial charge on any atom is -0.314 e. The summed E-state index contributed by atoms with van der Waals surface area (Å²) in [6.07, 6.45) is 7.12. The van der Waals surface area contributed by atoms with Gasteiger partial charge in [-0.25, -0.2) is 8.42 Å². The first kappa shape index (κ1) is 17.0. The van der Waals surface area contributed by atoms with Crippen LogP contribution in [-0.4, -0.2) is 32.5 Å². The third kappa shape index (κ3) is 6.26. The molecular formula is C15H31NO2S. The summed E-state index contributed by atoms with van der Waals surface area (Å²) in [6.45, 7) is 7.20. The van der Waals surface area contributed by atoms with E-state index in [0.717, 1.165) is 31.2 Å². The van der Waals surface area contributed by atoms with Crippen molar-refractivity contribution in [2.45, 2.75) is 65.3 Å². The molecule has 0 aliphatic heterocycles. The Morgan fingerprint density at radius 1 is 1.26 bits per heavy atom. The van der Waals surface area contributed by atoms with Crippen LogP contribution in [0.3, 0.4) is 0 Å². The van der Waals surface area contributed by atoms with Gasteiger partial charge in [0, 0.05) is 11.8 Å². The molecule has 0 aromatic heterocycles. The van der Waals surface area contributed by atoms with E-state index >= 15 is 0 Å². The van der Waals surface area contributed by atoms with Crippen LogP contribution in [-0.2, 0) is 9.84 Å². The highest BCUT2D eigenvalue weighted by molar-refractivity contribution is 7.91. The van der Waals surface area contributed by atoms with Crippen molar-refractivity contribution < 1.29 is 8.42 Å². The molecule has 0 amide bonds. The van der Waals surface area contributed by atoms with Crippen molar-refractivity contribution in [1.82, 2.24) is 5.32 Å². The lowest BCUT2D eigenvalue weighted by Gasteiger charge is -2.34. The van der Waals surface area contributed by atoms with Crippen LogP contribution >= 0.6 is 0 Å². The molecule has 1 fully saturated rings. The van der Waals surface area contributed by atoms with Crippen LogP contribution in [0.5, 0.6) is 0 Å². The minimum absolute atomic E-state index is 0.277. The summed E-state index contributed by atoms with van der Waals surface area (Å²) >= 11 is 0. The Balaban J connectivity index is 2.43. The molecule has 0 aromatic rings. The zero-order valence-corrected chi connectivity index (χ0v) is 13.6. The van der Waals surface area contributed by atoms with E-state index < -0.39 is 9.84 Å². The van der Waals surface area contributed by atoms with Crippen LogP contribution in [0, 0.1) is 11.8 Å². The molecule has 3 unspecified atom stereocenters. The lowest BCUT2D eigenvalue weighted by Crippen LogP contribution is -2.38. The smallest absolute Gasteiger partial charge is 0.150 e. The Bertz CT molecular complexity index is 340. The van der Waals surface area contributed by atoms with Gasteiger partial charge in [-0.15, -0.1) is 0 Å². The summed E-state index contributed by atoms with van der Waals surface area (Å²) in [5, 5.41) is 3.58. The van der Waals surface area contributed by atoms with Crippen molar-refractivity contribution in [1.29, 1.82) is 0 Å². The van der Waals surface area contributed by atoms with E-state index in [0.29, 0.717) is 11.8 Å². The Hall–Kier alpha value is -0.0900. The predicted octanol–water partition coefficient (Wildman–Crippen LogP) is 3.01. The SMILES string of the molecule is CCNC(CCCS(=O)(=O)CC)C1CCCC(C)C1. The van der Waals surface area contributed by atoms with Gasteiger partial charge in [0.25, 0.3) is 0 Å². The van der Waals surface area contributed by atoms with Gasteiger partial charge in [0.2, 0.25) is 0 Å². The van der Waals surface area contributed by atoms with Crippen LogP contribution in [0.15, 0.2) is 0 Å². The van der Waals surface area contributed by atoms with E-state index in [1.165, 1.54) is 25.7 Å². The molecule has 0 spiro atoms.